The molecule has 6 aromatic carbocycles. The Hall–Kier alpha value is -8.80. The Kier molecular flexibility index (Phi) is 12.0. The van der Waals surface area contributed by atoms with Gasteiger partial charge in [-0.2, -0.15) is 0 Å². The van der Waals surface area contributed by atoms with E-state index in [-0.39, 0.29) is 113 Å². The molecule has 0 unspecified atom stereocenters. The highest BCUT2D eigenvalue weighted by atomic mass is 16.6. The van der Waals surface area contributed by atoms with Gasteiger partial charge in [-0.05, 0) is 67.4 Å². The minimum Gasteiger partial charge on any atom is -0.337 e. The van der Waals surface area contributed by atoms with Gasteiger partial charge in [-0.3, -0.25) is 68.4 Å². The molecular formula is C49H38N6O12. The maximum Gasteiger partial charge on any atom is 0.270 e. The number of amides is 6. The summed E-state index contributed by atoms with van der Waals surface area (Å²) in [6.45, 7) is 1.49. The van der Waals surface area contributed by atoms with Crippen LogP contribution in [0.4, 0.5) is 11.4 Å². The van der Waals surface area contributed by atoms with Crippen LogP contribution in [0.25, 0.3) is 21.5 Å². The molecule has 0 aliphatic carbocycles. The van der Waals surface area contributed by atoms with Gasteiger partial charge >= 0.3 is 0 Å². The standard InChI is InChI=1S/C49H38N6O12/c1-28(56)30-10-14-32(15-11-30)44(58)50(20-22-52-46(60)38-8-3-6-34-24-36(54(64)65)26-40(42(34)38)48(52)62)18-5-19-51(45(59)33-16-12-31(13-17-33)29(2)57)21-23-53-47(61)39-9-4-7-35-25-37(55(66)67)27-41(43(35)39)49(53)63/h3-4,6-17,24-27H,5,18-23H2,1-2H3. The van der Waals surface area contributed by atoms with Crippen LogP contribution in [0.15, 0.2) is 109 Å². The molecule has 6 aromatic rings. The number of hydrogen-bond donors (Lipinski definition) is 0. The number of Topliss-reactive ketones (excluding diaryl/α,β-unsaturated/α-hetero) is 2. The van der Waals surface area contributed by atoms with Crippen LogP contribution in [0.2, 0.25) is 0 Å². The molecule has 2 aliphatic rings. The van der Waals surface area contributed by atoms with Crippen LogP contribution in [0.5, 0.6) is 0 Å². The van der Waals surface area contributed by atoms with Crippen LogP contribution in [-0.4, -0.2) is 116 Å². The lowest BCUT2D eigenvalue weighted by Crippen LogP contribution is -2.47. The zero-order valence-corrected chi connectivity index (χ0v) is 35.9. The van der Waals surface area contributed by atoms with Crippen molar-refractivity contribution < 1.29 is 48.2 Å². The number of ketones is 2. The van der Waals surface area contributed by atoms with Crippen LogP contribution in [-0.2, 0) is 0 Å². The van der Waals surface area contributed by atoms with E-state index in [2.05, 4.69) is 0 Å². The van der Waals surface area contributed by atoms with E-state index in [1.54, 1.807) is 24.3 Å². The fourth-order valence-electron chi connectivity index (χ4n) is 8.48. The number of nitro benzene ring substituents is 2. The molecule has 8 rings (SSSR count). The second kappa shape index (κ2) is 18.0. The summed E-state index contributed by atoms with van der Waals surface area (Å²) in [4.78, 5) is 135. The molecular weight excluding hydrogens is 865 g/mol. The van der Waals surface area contributed by atoms with E-state index in [1.165, 1.54) is 96.4 Å². The first kappa shape index (κ1) is 44.8. The Bertz CT molecular complexity index is 2950. The molecule has 6 amide bonds. The molecule has 0 atom stereocenters. The van der Waals surface area contributed by atoms with Crippen molar-refractivity contribution in [1.29, 1.82) is 0 Å². The fourth-order valence-corrected chi connectivity index (χ4v) is 8.48. The molecule has 0 aromatic heterocycles. The zero-order valence-electron chi connectivity index (χ0n) is 35.9. The number of carbonyl (C=O) groups is 8. The van der Waals surface area contributed by atoms with Crippen LogP contribution in [0.3, 0.4) is 0 Å². The third-order valence-corrected chi connectivity index (χ3v) is 11.9. The van der Waals surface area contributed by atoms with Gasteiger partial charge in [-0.15, -0.1) is 0 Å². The lowest BCUT2D eigenvalue weighted by molar-refractivity contribution is -0.384. The number of imide groups is 2. The lowest BCUT2D eigenvalue weighted by atomic mass is 9.93. The van der Waals surface area contributed by atoms with Crippen molar-refractivity contribution in [2.24, 2.45) is 0 Å². The molecule has 18 heteroatoms. The van der Waals surface area contributed by atoms with Crippen molar-refractivity contribution in [3.63, 3.8) is 0 Å². The summed E-state index contributed by atoms with van der Waals surface area (Å²) in [6, 6.07) is 25.8. The van der Waals surface area contributed by atoms with Crippen molar-refractivity contribution in [3.8, 4) is 0 Å². The first-order valence-electron chi connectivity index (χ1n) is 21.0. The van der Waals surface area contributed by atoms with Gasteiger partial charge < -0.3 is 9.80 Å². The van der Waals surface area contributed by atoms with E-state index in [0.29, 0.717) is 21.9 Å². The number of nitro groups is 2. The van der Waals surface area contributed by atoms with Crippen molar-refractivity contribution in [1.82, 2.24) is 19.6 Å². The van der Waals surface area contributed by atoms with Gasteiger partial charge in [0.2, 0.25) is 0 Å². The molecule has 336 valence electrons. The van der Waals surface area contributed by atoms with Gasteiger partial charge in [-0.25, -0.2) is 0 Å². The molecule has 0 saturated carbocycles. The minimum absolute atomic E-state index is 0.0494. The predicted molar refractivity (Wildman–Crippen MR) is 241 cm³/mol. The SMILES string of the molecule is CC(=O)c1ccc(C(=O)N(CCCN(CCN2C(=O)c3cccc4cc([N+](=O)[O-])cc(c34)C2=O)C(=O)c2ccc(C(C)=O)cc2)CCN2C(=O)c3cccc4cc([N+](=O)[O-])cc(c34)C2=O)cc1. The Labute approximate surface area is 380 Å². The fraction of sp³-hybridized carbons (Fsp3) is 0.184. The summed E-state index contributed by atoms with van der Waals surface area (Å²) in [5, 5.41) is 24.8. The third-order valence-electron chi connectivity index (χ3n) is 11.9. The summed E-state index contributed by atoms with van der Waals surface area (Å²) >= 11 is 0. The van der Waals surface area contributed by atoms with E-state index < -0.39 is 45.3 Å². The first-order valence-corrected chi connectivity index (χ1v) is 21.0. The first-order chi connectivity index (χ1) is 32.0. The Morgan fingerprint density at radius 3 is 1.16 bits per heavy atom. The quantitative estimate of drug-likeness (QED) is 0.0423. The number of hydrogen-bond acceptors (Lipinski definition) is 12. The smallest absolute Gasteiger partial charge is 0.270 e. The van der Waals surface area contributed by atoms with Crippen LogP contribution < -0.4 is 0 Å². The molecule has 0 spiro atoms. The van der Waals surface area contributed by atoms with E-state index in [4.69, 9.17) is 0 Å². The molecule has 0 saturated heterocycles. The average molecular weight is 903 g/mol. The summed E-state index contributed by atoms with van der Waals surface area (Å²) < 4.78 is 0. The molecule has 18 nitrogen and oxygen atoms in total. The van der Waals surface area contributed by atoms with E-state index in [0.717, 1.165) is 21.9 Å². The van der Waals surface area contributed by atoms with Gasteiger partial charge in [0.05, 0.1) is 21.0 Å². The monoisotopic (exact) mass is 902 g/mol. The molecule has 2 heterocycles. The second-order valence-corrected chi connectivity index (χ2v) is 16.0. The number of nitrogens with zero attached hydrogens (tertiary/aromatic N) is 6. The van der Waals surface area contributed by atoms with Crippen molar-refractivity contribution in [2.45, 2.75) is 20.3 Å². The number of benzene rings is 6. The van der Waals surface area contributed by atoms with Crippen LogP contribution >= 0.6 is 0 Å². The van der Waals surface area contributed by atoms with Gasteiger partial charge in [0, 0.05) is 108 Å². The van der Waals surface area contributed by atoms with Gasteiger partial charge in [0.15, 0.2) is 11.6 Å². The van der Waals surface area contributed by atoms with Crippen molar-refractivity contribution >= 4 is 79.9 Å². The Morgan fingerprint density at radius 1 is 0.478 bits per heavy atom. The van der Waals surface area contributed by atoms with Gasteiger partial charge in [0.25, 0.3) is 46.8 Å². The third kappa shape index (κ3) is 8.50. The molecule has 0 fully saturated rings. The number of non-ortho nitro benzene ring substituents is 2. The lowest BCUT2D eigenvalue weighted by Gasteiger charge is -2.32. The maximum atomic E-state index is 14.2. The molecule has 0 bridgehead atoms. The highest BCUT2D eigenvalue weighted by Crippen LogP contribution is 2.35. The minimum atomic E-state index is -0.793. The summed E-state index contributed by atoms with van der Waals surface area (Å²) in [7, 11) is 0. The summed E-state index contributed by atoms with van der Waals surface area (Å²) in [6.07, 6.45) is 0.0704. The highest BCUT2D eigenvalue weighted by molar-refractivity contribution is 6.27. The Morgan fingerprint density at radius 2 is 0.821 bits per heavy atom. The molecule has 67 heavy (non-hydrogen) atoms. The largest absolute Gasteiger partial charge is 0.337 e. The van der Waals surface area contributed by atoms with Crippen molar-refractivity contribution in [3.05, 3.63) is 174 Å². The molecule has 0 N–H and O–H groups in total. The van der Waals surface area contributed by atoms with Crippen LogP contribution in [0.1, 0.15) is 103 Å². The number of carbonyl (C=O) groups excluding carboxylic acids is 8. The zero-order chi connectivity index (χ0) is 47.8. The molecule has 0 radical (unpaired) electrons. The van der Waals surface area contributed by atoms with E-state index in [1.807, 2.05) is 0 Å². The van der Waals surface area contributed by atoms with E-state index in [9.17, 15) is 58.6 Å². The topological polar surface area (TPSA) is 236 Å². The molecule has 2 aliphatic heterocycles. The average Bonchev–Trinajstić information content (AvgIpc) is 3.32. The van der Waals surface area contributed by atoms with Gasteiger partial charge in [0.1, 0.15) is 0 Å². The maximum absolute atomic E-state index is 14.2. The van der Waals surface area contributed by atoms with Gasteiger partial charge in [-0.1, -0.05) is 48.5 Å². The highest BCUT2D eigenvalue weighted by Gasteiger charge is 2.37. The second-order valence-electron chi connectivity index (χ2n) is 16.0. The normalized spacial score (nSPS) is 13.0. The number of rotatable bonds is 16. The summed E-state index contributed by atoms with van der Waals surface area (Å²) in [5.74, 6) is -4.48. The van der Waals surface area contributed by atoms with E-state index >= 15 is 0 Å². The predicted octanol–water partition coefficient (Wildman–Crippen LogP) is 6.78. The summed E-state index contributed by atoms with van der Waals surface area (Å²) in [5.41, 5.74) is 0.547. The van der Waals surface area contributed by atoms with Crippen LogP contribution in [0, 0.1) is 20.2 Å². The Balaban J connectivity index is 1.06. The van der Waals surface area contributed by atoms with Crippen molar-refractivity contribution in [2.75, 3.05) is 39.3 Å².